The first-order valence-electron chi connectivity index (χ1n) is 7.63. The summed E-state index contributed by atoms with van der Waals surface area (Å²) in [6.45, 7) is 1.98. The molecule has 0 aromatic heterocycles. The Morgan fingerprint density at radius 2 is 1.96 bits per heavy atom. The number of nitrogens with zero attached hydrogens (tertiary/aromatic N) is 1. The molecule has 7 heteroatoms. The predicted molar refractivity (Wildman–Crippen MR) is 97.7 cm³/mol. The van der Waals surface area contributed by atoms with Gasteiger partial charge in [0.2, 0.25) is 0 Å². The van der Waals surface area contributed by atoms with Gasteiger partial charge in [0.05, 0.1) is 17.2 Å². The number of benzene rings is 2. The predicted octanol–water partition coefficient (Wildman–Crippen LogP) is 3.77. The summed E-state index contributed by atoms with van der Waals surface area (Å²) in [5.74, 6) is -1.15. The van der Waals surface area contributed by atoms with Gasteiger partial charge in [0.1, 0.15) is 17.4 Å². The Morgan fingerprint density at radius 3 is 2.54 bits per heavy atom. The van der Waals surface area contributed by atoms with E-state index in [1.54, 1.807) is 6.92 Å². The first kappa shape index (κ1) is 19.0. The van der Waals surface area contributed by atoms with Gasteiger partial charge in [0.25, 0.3) is 5.91 Å². The molecule has 0 fully saturated rings. The van der Waals surface area contributed by atoms with E-state index >= 15 is 0 Å². The third-order valence-electron chi connectivity index (χ3n) is 3.30. The third kappa shape index (κ3) is 4.85. The maximum Gasteiger partial charge on any atom is 0.338 e. The number of amides is 1. The fourth-order valence-corrected chi connectivity index (χ4v) is 2.22. The Labute approximate surface area is 155 Å². The van der Waals surface area contributed by atoms with Gasteiger partial charge < -0.3 is 15.2 Å². The van der Waals surface area contributed by atoms with E-state index in [1.807, 2.05) is 6.07 Å². The lowest BCUT2D eigenvalue weighted by atomic mass is 10.1. The van der Waals surface area contributed by atoms with Crippen LogP contribution in [-0.4, -0.2) is 23.6 Å². The molecule has 0 bridgehead atoms. The van der Waals surface area contributed by atoms with Crippen molar-refractivity contribution in [3.8, 4) is 11.8 Å². The smallest absolute Gasteiger partial charge is 0.338 e. The second kappa shape index (κ2) is 8.70. The van der Waals surface area contributed by atoms with Crippen LogP contribution in [0.2, 0.25) is 5.02 Å². The van der Waals surface area contributed by atoms with Crippen LogP contribution in [0.5, 0.6) is 5.75 Å². The summed E-state index contributed by atoms with van der Waals surface area (Å²) in [5, 5.41) is 21.3. The number of hydrogen-bond acceptors (Lipinski definition) is 5. The van der Waals surface area contributed by atoms with Crippen molar-refractivity contribution in [3.63, 3.8) is 0 Å². The highest BCUT2D eigenvalue weighted by Gasteiger charge is 2.11. The molecule has 0 spiro atoms. The lowest BCUT2D eigenvalue weighted by Crippen LogP contribution is -2.13. The topological polar surface area (TPSA) is 99.4 Å². The molecule has 2 rings (SSSR count). The summed E-state index contributed by atoms with van der Waals surface area (Å²) in [7, 11) is 0. The normalized spacial score (nSPS) is 10.7. The molecule has 0 unspecified atom stereocenters. The Hall–Kier alpha value is -3.30. The number of carbonyl (C=O) groups is 2. The molecule has 0 saturated heterocycles. The molecular formula is C19H15ClN2O4. The quantitative estimate of drug-likeness (QED) is 0.474. The second-order valence-electron chi connectivity index (χ2n) is 5.13. The van der Waals surface area contributed by atoms with Gasteiger partial charge in [-0.05, 0) is 55.0 Å². The summed E-state index contributed by atoms with van der Waals surface area (Å²) in [4.78, 5) is 23.8. The lowest BCUT2D eigenvalue weighted by molar-refractivity contribution is -0.112. The molecule has 0 atom stereocenters. The summed E-state index contributed by atoms with van der Waals surface area (Å²) in [6.07, 6.45) is 1.35. The number of halogens is 1. The van der Waals surface area contributed by atoms with E-state index < -0.39 is 11.9 Å². The third-order valence-corrected chi connectivity index (χ3v) is 3.60. The molecule has 132 valence electrons. The van der Waals surface area contributed by atoms with Crippen molar-refractivity contribution < 1.29 is 19.4 Å². The number of aromatic hydroxyl groups is 1. The van der Waals surface area contributed by atoms with Gasteiger partial charge in [-0.15, -0.1) is 0 Å². The largest absolute Gasteiger partial charge is 0.506 e. The van der Waals surface area contributed by atoms with Crippen LogP contribution in [0, 0.1) is 11.3 Å². The minimum Gasteiger partial charge on any atom is -0.506 e. The first-order chi connectivity index (χ1) is 12.4. The Morgan fingerprint density at radius 1 is 1.27 bits per heavy atom. The average Bonchev–Trinajstić information content (AvgIpc) is 2.63. The summed E-state index contributed by atoms with van der Waals surface area (Å²) >= 11 is 5.81. The monoisotopic (exact) mass is 370 g/mol. The number of hydrogen-bond donors (Lipinski definition) is 2. The van der Waals surface area contributed by atoms with E-state index in [0.29, 0.717) is 16.8 Å². The van der Waals surface area contributed by atoms with Gasteiger partial charge in [0.15, 0.2) is 0 Å². The van der Waals surface area contributed by atoms with E-state index in [0.717, 1.165) is 0 Å². The Balaban J connectivity index is 2.14. The number of phenols is 1. The minimum atomic E-state index is -0.611. The van der Waals surface area contributed by atoms with Gasteiger partial charge in [-0.2, -0.15) is 5.26 Å². The Bertz CT molecular complexity index is 899. The fourth-order valence-electron chi connectivity index (χ4n) is 2.03. The number of esters is 1. The molecule has 1 amide bonds. The van der Waals surface area contributed by atoms with E-state index in [4.69, 9.17) is 16.3 Å². The van der Waals surface area contributed by atoms with Crippen molar-refractivity contribution in [1.82, 2.24) is 0 Å². The number of ether oxygens (including phenoxy) is 1. The molecule has 26 heavy (non-hydrogen) atoms. The van der Waals surface area contributed by atoms with E-state index in [2.05, 4.69) is 5.32 Å². The number of phenolic OH excluding ortho intramolecular Hbond substituents is 1. The summed E-state index contributed by atoms with van der Waals surface area (Å²) in [5.41, 5.74) is 1.14. The summed E-state index contributed by atoms with van der Waals surface area (Å²) < 4.78 is 4.88. The van der Waals surface area contributed by atoms with E-state index in [-0.39, 0.29) is 23.0 Å². The van der Waals surface area contributed by atoms with Crippen LogP contribution >= 0.6 is 11.6 Å². The number of anilines is 1. The molecule has 0 saturated carbocycles. The van der Waals surface area contributed by atoms with E-state index in [9.17, 15) is 20.0 Å². The van der Waals surface area contributed by atoms with Crippen LogP contribution in [0.15, 0.2) is 48.0 Å². The maximum atomic E-state index is 12.2. The van der Waals surface area contributed by atoms with Gasteiger partial charge >= 0.3 is 5.97 Å². The van der Waals surface area contributed by atoms with E-state index in [1.165, 1.54) is 48.5 Å². The molecule has 2 aromatic carbocycles. The van der Waals surface area contributed by atoms with Crippen molar-refractivity contribution in [2.24, 2.45) is 0 Å². The molecule has 2 N–H and O–H groups in total. The fraction of sp³-hybridized carbons (Fsp3) is 0.105. The molecule has 0 aliphatic heterocycles. The van der Waals surface area contributed by atoms with Crippen molar-refractivity contribution in [3.05, 3.63) is 64.2 Å². The van der Waals surface area contributed by atoms with Crippen LogP contribution in [-0.2, 0) is 9.53 Å². The molecule has 0 aliphatic rings. The van der Waals surface area contributed by atoms with Gasteiger partial charge in [-0.3, -0.25) is 4.79 Å². The van der Waals surface area contributed by atoms with Gasteiger partial charge in [-0.25, -0.2) is 4.79 Å². The molecule has 2 aromatic rings. The molecule has 0 radical (unpaired) electrons. The molecule has 0 heterocycles. The molecule has 6 nitrogen and oxygen atoms in total. The van der Waals surface area contributed by atoms with Crippen LogP contribution in [0.25, 0.3) is 6.08 Å². The highest BCUT2D eigenvalue weighted by molar-refractivity contribution is 6.32. The van der Waals surface area contributed by atoms with Crippen molar-refractivity contribution in [2.75, 3.05) is 11.9 Å². The second-order valence-corrected chi connectivity index (χ2v) is 5.54. The first-order valence-corrected chi connectivity index (χ1v) is 8.01. The van der Waals surface area contributed by atoms with Crippen molar-refractivity contribution in [2.45, 2.75) is 6.92 Å². The van der Waals surface area contributed by atoms with Crippen molar-refractivity contribution >= 4 is 35.2 Å². The highest BCUT2D eigenvalue weighted by Crippen LogP contribution is 2.24. The lowest BCUT2D eigenvalue weighted by Gasteiger charge is -2.06. The highest BCUT2D eigenvalue weighted by atomic mass is 35.5. The Kier molecular flexibility index (Phi) is 6.36. The SMILES string of the molecule is CCOC(=O)c1ccc(NC(=O)/C(C#N)=C\c2ccc(O)c(Cl)c2)cc1. The zero-order chi connectivity index (χ0) is 19.1. The molecular weight excluding hydrogens is 356 g/mol. The number of rotatable bonds is 5. The minimum absolute atomic E-state index is 0.0894. The number of nitrogens with one attached hydrogen (secondary N) is 1. The number of carbonyl (C=O) groups excluding carboxylic acids is 2. The van der Waals surface area contributed by atoms with Crippen LogP contribution in [0.1, 0.15) is 22.8 Å². The van der Waals surface area contributed by atoms with Gasteiger partial charge in [0, 0.05) is 5.69 Å². The maximum absolute atomic E-state index is 12.2. The summed E-state index contributed by atoms with van der Waals surface area (Å²) in [6, 6.07) is 12.3. The average molecular weight is 371 g/mol. The molecule has 0 aliphatic carbocycles. The standard InChI is InChI=1S/C19H15ClN2O4/c1-2-26-19(25)13-4-6-15(7-5-13)22-18(24)14(11-21)9-12-3-8-17(23)16(20)10-12/h3-10,23H,2H2,1H3,(H,22,24)/b14-9-. The zero-order valence-corrected chi connectivity index (χ0v) is 14.6. The van der Waals surface area contributed by atoms with Crippen LogP contribution < -0.4 is 5.32 Å². The van der Waals surface area contributed by atoms with Crippen molar-refractivity contribution in [1.29, 1.82) is 5.26 Å². The number of nitriles is 1. The van der Waals surface area contributed by atoms with Crippen LogP contribution in [0.4, 0.5) is 5.69 Å². The zero-order valence-electron chi connectivity index (χ0n) is 13.8. The van der Waals surface area contributed by atoms with Gasteiger partial charge in [-0.1, -0.05) is 17.7 Å². The van der Waals surface area contributed by atoms with Crippen LogP contribution in [0.3, 0.4) is 0 Å².